The van der Waals surface area contributed by atoms with Crippen molar-refractivity contribution in [3.63, 3.8) is 0 Å². The van der Waals surface area contributed by atoms with Gasteiger partial charge in [-0.25, -0.2) is 0 Å². The molecule has 3 aromatic carbocycles. The predicted molar refractivity (Wildman–Crippen MR) is 134 cm³/mol. The number of nitrogens with zero attached hydrogens (tertiary/aromatic N) is 1. The fourth-order valence-corrected chi connectivity index (χ4v) is 4.39. The minimum atomic E-state index is -0.0552. The summed E-state index contributed by atoms with van der Waals surface area (Å²) in [5.41, 5.74) is 5.85. The number of carbonyl (C=O) groups excluding carboxylic acids is 2. The minimum Gasteiger partial charge on any atom is -0.362 e. The highest BCUT2D eigenvalue weighted by Crippen LogP contribution is 2.30. The predicted octanol–water partition coefficient (Wildman–Crippen LogP) is 4.81. The van der Waals surface area contributed by atoms with E-state index in [1.807, 2.05) is 68.4 Å². The Morgan fingerprint density at radius 1 is 0.939 bits per heavy atom. The van der Waals surface area contributed by atoms with Crippen molar-refractivity contribution in [3.05, 3.63) is 95.1 Å². The molecule has 0 saturated carbocycles. The molecule has 5 nitrogen and oxygen atoms in total. The first-order chi connectivity index (χ1) is 16.0. The molecule has 0 bridgehead atoms. The van der Waals surface area contributed by atoms with E-state index in [0.717, 1.165) is 48.3 Å². The zero-order chi connectivity index (χ0) is 23.2. The lowest BCUT2D eigenvalue weighted by molar-refractivity contribution is -0.115. The topological polar surface area (TPSA) is 61.4 Å². The van der Waals surface area contributed by atoms with E-state index in [0.29, 0.717) is 5.56 Å². The second-order valence-electron chi connectivity index (χ2n) is 8.82. The van der Waals surface area contributed by atoms with E-state index < -0.39 is 0 Å². The largest absolute Gasteiger partial charge is 0.362 e. The van der Waals surface area contributed by atoms with Crippen LogP contribution in [0.1, 0.15) is 47.3 Å². The number of hydrogen-bond donors (Lipinski definition) is 2. The number of fused-ring (bicyclic) bond motifs is 1. The number of hydrogen-bond acceptors (Lipinski definition) is 3. The van der Waals surface area contributed by atoms with Crippen molar-refractivity contribution >= 4 is 23.2 Å². The van der Waals surface area contributed by atoms with Crippen LogP contribution >= 0.6 is 0 Å². The molecular weight excluding hydrogens is 410 g/mol. The molecular formula is C28H31N3O2. The maximum atomic E-state index is 13.0. The van der Waals surface area contributed by atoms with E-state index in [4.69, 9.17) is 0 Å². The second-order valence-corrected chi connectivity index (χ2v) is 8.82. The molecule has 0 saturated heterocycles. The van der Waals surface area contributed by atoms with Gasteiger partial charge in [-0.15, -0.1) is 0 Å². The summed E-state index contributed by atoms with van der Waals surface area (Å²) < 4.78 is 0. The van der Waals surface area contributed by atoms with Gasteiger partial charge in [0.25, 0.3) is 5.91 Å². The summed E-state index contributed by atoms with van der Waals surface area (Å²) in [4.78, 5) is 27.8. The molecule has 170 valence electrons. The number of rotatable bonds is 7. The van der Waals surface area contributed by atoms with Crippen molar-refractivity contribution in [2.24, 2.45) is 0 Å². The molecule has 1 heterocycles. The molecule has 0 atom stereocenters. The molecule has 33 heavy (non-hydrogen) atoms. The van der Waals surface area contributed by atoms with Gasteiger partial charge in [-0.2, -0.15) is 0 Å². The second kappa shape index (κ2) is 10.3. The van der Waals surface area contributed by atoms with Gasteiger partial charge < -0.3 is 15.5 Å². The summed E-state index contributed by atoms with van der Waals surface area (Å²) in [6.45, 7) is 4.96. The van der Waals surface area contributed by atoms with Crippen LogP contribution in [0.3, 0.4) is 0 Å². The van der Waals surface area contributed by atoms with Crippen LogP contribution in [-0.2, 0) is 17.6 Å². The molecule has 1 aliphatic heterocycles. The summed E-state index contributed by atoms with van der Waals surface area (Å²) in [6, 6.07) is 24.1. The molecule has 0 aromatic heterocycles. The Hall–Kier alpha value is -3.60. The Balaban J connectivity index is 1.48. The van der Waals surface area contributed by atoms with E-state index in [9.17, 15) is 9.59 Å². The van der Waals surface area contributed by atoms with Crippen LogP contribution in [0.2, 0.25) is 0 Å². The highest BCUT2D eigenvalue weighted by Gasteiger charge is 2.24. The summed E-state index contributed by atoms with van der Waals surface area (Å²) >= 11 is 0. The summed E-state index contributed by atoms with van der Waals surface area (Å²) in [5, 5.41) is 6.10. The number of amides is 2. The fourth-order valence-electron chi connectivity index (χ4n) is 4.39. The zero-order valence-electron chi connectivity index (χ0n) is 19.3. The van der Waals surface area contributed by atoms with Gasteiger partial charge in [0.2, 0.25) is 5.91 Å². The molecule has 2 amide bonds. The third kappa shape index (κ3) is 5.61. The summed E-state index contributed by atoms with van der Waals surface area (Å²) in [5.74, 6) is -0.108. The van der Waals surface area contributed by atoms with Gasteiger partial charge in [-0.3, -0.25) is 9.59 Å². The zero-order valence-corrected chi connectivity index (χ0v) is 19.3. The Kier molecular flexibility index (Phi) is 7.08. The lowest BCUT2D eigenvalue weighted by Crippen LogP contribution is -2.38. The third-order valence-corrected chi connectivity index (χ3v) is 5.87. The monoisotopic (exact) mass is 441 g/mol. The molecule has 0 fully saturated rings. The molecule has 5 heteroatoms. The number of para-hydroxylation sites is 1. The smallest absolute Gasteiger partial charge is 0.251 e. The number of nitrogens with one attached hydrogen (secondary N) is 2. The third-order valence-electron chi connectivity index (χ3n) is 5.87. The minimum absolute atomic E-state index is 0.0528. The van der Waals surface area contributed by atoms with Crippen molar-refractivity contribution in [3.8, 4) is 0 Å². The summed E-state index contributed by atoms with van der Waals surface area (Å²) in [7, 11) is 0. The van der Waals surface area contributed by atoms with E-state index in [1.54, 1.807) is 0 Å². The molecule has 1 aliphatic rings. The summed E-state index contributed by atoms with van der Waals surface area (Å²) in [6.07, 6.45) is 2.52. The fraction of sp³-hybridized carbons (Fsp3) is 0.286. The molecule has 4 rings (SSSR count). The number of anilines is 2. The van der Waals surface area contributed by atoms with E-state index in [1.165, 1.54) is 5.56 Å². The van der Waals surface area contributed by atoms with Crippen molar-refractivity contribution in [1.29, 1.82) is 0 Å². The van der Waals surface area contributed by atoms with Gasteiger partial charge in [0.15, 0.2) is 0 Å². The maximum absolute atomic E-state index is 13.0. The van der Waals surface area contributed by atoms with Gasteiger partial charge in [0.05, 0.1) is 6.54 Å². The lowest BCUT2D eigenvalue weighted by atomic mass is 9.95. The van der Waals surface area contributed by atoms with Crippen molar-refractivity contribution in [2.75, 3.05) is 23.3 Å². The lowest BCUT2D eigenvalue weighted by Gasteiger charge is -2.32. The normalized spacial score (nSPS) is 12.9. The molecule has 2 N–H and O–H groups in total. The molecule has 0 unspecified atom stereocenters. The van der Waals surface area contributed by atoms with Gasteiger partial charge in [0.1, 0.15) is 0 Å². The molecule has 0 aliphatic carbocycles. The number of carbonyl (C=O) groups is 2. The molecule has 0 spiro atoms. The SMILES string of the molecule is CC(C)NC(=O)c1cccc2c1CCCN2CC(=O)Nc1ccccc1Cc1ccccc1. The van der Waals surface area contributed by atoms with Crippen LogP contribution in [0, 0.1) is 0 Å². The van der Waals surface area contributed by atoms with Crippen molar-refractivity contribution in [2.45, 2.75) is 39.2 Å². The first-order valence-electron chi connectivity index (χ1n) is 11.6. The van der Waals surface area contributed by atoms with Crippen LogP contribution in [0.4, 0.5) is 11.4 Å². The van der Waals surface area contributed by atoms with Gasteiger partial charge in [-0.1, -0.05) is 54.6 Å². The average molecular weight is 442 g/mol. The Labute approximate surface area is 195 Å². The first-order valence-corrected chi connectivity index (χ1v) is 11.6. The molecule has 3 aromatic rings. The number of benzene rings is 3. The standard InChI is InChI=1S/C28H31N3O2/c1-20(2)29-28(33)24-13-8-16-26-23(24)14-9-17-31(26)19-27(32)30-25-15-7-6-12-22(25)18-21-10-4-3-5-11-21/h3-8,10-13,15-16,20H,9,14,17-19H2,1-2H3,(H,29,33)(H,30,32). The molecule has 0 radical (unpaired) electrons. The Morgan fingerprint density at radius 3 is 2.48 bits per heavy atom. The Bertz CT molecular complexity index is 1120. The average Bonchev–Trinajstić information content (AvgIpc) is 2.80. The first kappa shape index (κ1) is 22.6. The van der Waals surface area contributed by atoms with Crippen LogP contribution in [0.25, 0.3) is 0 Å². The maximum Gasteiger partial charge on any atom is 0.251 e. The highest BCUT2D eigenvalue weighted by atomic mass is 16.2. The van der Waals surface area contributed by atoms with E-state index in [-0.39, 0.29) is 24.4 Å². The van der Waals surface area contributed by atoms with Crippen molar-refractivity contribution < 1.29 is 9.59 Å². The van der Waals surface area contributed by atoms with Gasteiger partial charge >= 0.3 is 0 Å². The van der Waals surface area contributed by atoms with Crippen LogP contribution in [-0.4, -0.2) is 30.9 Å². The Morgan fingerprint density at radius 2 is 1.70 bits per heavy atom. The van der Waals surface area contributed by atoms with Gasteiger partial charge in [-0.05, 0) is 68.0 Å². The van der Waals surface area contributed by atoms with Crippen LogP contribution in [0.15, 0.2) is 72.8 Å². The van der Waals surface area contributed by atoms with Gasteiger partial charge in [0, 0.05) is 29.5 Å². The van der Waals surface area contributed by atoms with Crippen molar-refractivity contribution in [1.82, 2.24) is 5.32 Å². The van der Waals surface area contributed by atoms with Crippen LogP contribution in [0.5, 0.6) is 0 Å². The van der Waals surface area contributed by atoms with Crippen LogP contribution < -0.4 is 15.5 Å². The van der Waals surface area contributed by atoms with E-state index >= 15 is 0 Å². The van der Waals surface area contributed by atoms with E-state index in [2.05, 4.69) is 33.7 Å². The quantitative estimate of drug-likeness (QED) is 0.553. The highest BCUT2D eigenvalue weighted by molar-refractivity contribution is 5.98.